The van der Waals surface area contributed by atoms with E-state index >= 15 is 0 Å². The first-order valence-corrected chi connectivity index (χ1v) is 3.88. The van der Waals surface area contributed by atoms with Crippen molar-refractivity contribution in [2.75, 3.05) is 0 Å². The average molecular weight is 152 g/mol. The molecule has 0 saturated carbocycles. The van der Waals surface area contributed by atoms with Crippen molar-refractivity contribution in [1.82, 2.24) is 0 Å². The number of rotatable bonds is 5. The largest absolute Gasteiger partial charge is 0.472 e. The zero-order chi connectivity index (χ0) is 7.94. The van der Waals surface area contributed by atoms with E-state index in [0.29, 0.717) is 6.42 Å². The predicted molar refractivity (Wildman–Crippen MR) is 42.3 cm³/mol. The maximum atomic E-state index is 9.95. The SMILES string of the molecule is O=CCCCCc1ccoc1. The number of carbonyl (C=O) groups excluding carboxylic acids is 1. The highest BCUT2D eigenvalue weighted by Gasteiger charge is 1.93. The molecule has 1 heterocycles. The average Bonchev–Trinajstić information content (AvgIpc) is 2.50. The molecule has 0 N–H and O–H groups in total. The summed E-state index contributed by atoms with van der Waals surface area (Å²) in [6.07, 6.45) is 8.14. The normalized spacial score (nSPS) is 9.82. The minimum Gasteiger partial charge on any atom is -0.472 e. The Kier molecular flexibility index (Phi) is 3.45. The van der Waals surface area contributed by atoms with Crippen molar-refractivity contribution >= 4 is 6.29 Å². The lowest BCUT2D eigenvalue weighted by Crippen LogP contribution is -1.82. The van der Waals surface area contributed by atoms with Gasteiger partial charge in [0.15, 0.2) is 0 Å². The molecule has 0 aliphatic heterocycles. The van der Waals surface area contributed by atoms with Crippen molar-refractivity contribution in [1.29, 1.82) is 0 Å². The molecule has 60 valence electrons. The molecule has 0 aliphatic carbocycles. The summed E-state index contributed by atoms with van der Waals surface area (Å²) in [5, 5.41) is 0. The Labute approximate surface area is 66.2 Å². The van der Waals surface area contributed by atoms with Crippen molar-refractivity contribution in [2.24, 2.45) is 0 Å². The first kappa shape index (κ1) is 8.05. The Morgan fingerprint density at radius 1 is 1.45 bits per heavy atom. The fourth-order valence-electron chi connectivity index (χ4n) is 0.992. The van der Waals surface area contributed by atoms with E-state index in [4.69, 9.17) is 4.42 Å². The summed E-state index contributed by atoms with van der Waals surface area (Å²) < 4.78 is 4.90. The third-order valence-electron chi connectivity index (χ3n) is 1.62. The van der Waals surface area contributed by atoms with Crippen LogP contribution in [0, 0.1) is 0 Å². The van der Waals surface area contributed by atoms with Gasteiger partial charge in [-0.15, -0.1) is 0 Å². The first-order chi connectivity index (χ1) is 5.43. The van der Waals surface area contributed by atoms with Crippen LogP contribution in [0.3, 0.4) is 0 Å². The number of unbranched alkanes of at least 4 members (excludes halogenated alkanes) is 2. The molecule has 0 radical (unpaired) electrons. The van der Waals surface area contributed by atoms with E-state index in [0.717, 1.165) is 25.5 Å². The second kappa shape index (κ2) is 4.72. The fourth-order valence-corrected chi connectivity index (χ4v) is 0.992. The van der Waals surface area contributed by atoms with Gasteiger partial charge < -0.3 is 9.21 Å². The van der Waals surface area contributed by atoms with Gasteiger partial charge in [0.25, 0.3) is 0 Å². The molecular weight excluding hydrogens is 140 g/mol. The zero-order valence-corrected chi connectivity index (χ0v) is 6.45. The number of aryl methyl sites for hydroxylation is 1. The van der Waals surface area contributed by atoms with Crippen molar-refractivity contribution in [3.8, 4) is 0 Å². The third-order valence-corrected chi connectivity index (χ3v) is 1.62. The van der Waals surface area contributed by atoms with Crippen LogP contribution in [0.1, 0.15) is 24.8 Å². The van der Waals surface area contributed by atoms with E-state index in [1.165, 1.54) is 5.56 Å². The summed E-state index contributed by atoms with van der Waals surface area (Å²) in [7, 11) is 0. The van der Waals surface area contributed by atoms with E-state index in [1.807, 2.05) is 6.07 Å². The van der Waals surface area contributed by atoms with Crippen LogP contribution in [0.25, 0.3) is 0 Å². The van der Waals surface area contributed by atoms with E-state index < -0.39 is 0 Å². The van der Waals surface area contributed by atoms with Gasteiger partial charge in [0.1, 0.15) is 6.29 Å². The Balaban J connectivity index is 2.09. The van der Waals surface area contributed by atoms with Crippen molar-refractivity contribution in [3.63, 3.8) is 0 Å². The topological polar surface area (TPSA) is 30.2 Å². The summed E-state index contributed by atoms with van der Waals surface area (Å²) in [5.74, 6) is 0. The fraction of sp³-hybridized carbons (Fsp3) is 0.444. The van der Waals surface area contributed by atoms with Crippen LogP contribution in [0.4, 0.5) is 0 Å². The van der Waals surface area contributed by atoms with Crippen LogP contribution < -0.4 is 0 Å². The van der Waals surface area contributed by atoms with Crippen LogP contribution in [-0.2, 0) is 11.2 Å². The zero-order valence-electron chi connectivity index (χ0n) is 6.45. The van der Waals surface area contributed by atoms with Gasteiger partial charge in [-0.3, -0.25) is 0 Å². The van der Waals surface area contributed by atoms with Gasteiger partial charge in [-0.25, -0.2) is 0 Å². The smallest absolute Gasteiger partial charge is 0.119 e. The molecule has 0 saturated heterocycles. The van der Waals surface area contributed by atoms with Gasteiger partial charge >= 0.3 is 0 Å². The van der Waals surface area contributed by atoms with Gasteiger partial charge in [0, 0.05) is 6.42 Å². The molecule has 0 amide bonds. The molecule has 1 aromatic rings. The number of carbonyl (C=O) groups is 1. The van der Waals surface area contributed by atoms with E-state index in [1.54, 1.807) is 12.5 Å². The number of aldehydes is 1. The lowest BCUT2D eigenvalue weighted by Gasteiger charge is -1.92. The monoisotopic (exact) mass is 152 g/mol. The Bertz CT molecular complexity index is 189. The maximum Gasteiger partial charge on any atom is 0.119 e. The minimum absolute atomic E-state index is 0.678. The minimum atomic E-state index is 0.678. The molecule has 2 heteroatoms. The van der Waals surface area contributed by atoms with Crippen LogP contribution in [0.2, 0.25) is 0 Å². The first-order valence-electron chi connectivity index (χ1n) is 3.88. The molecule has 0 atom stereocenters. The van der Waals surface area contributed by atoms with E-state index in [2.05, 4.69) is 0 Å². The molecule has 0 bridgehead atoms. The van der Waals surface area contributed by atoms with E-state index in [9.17, 15) is 4.79 Å². The maximum absolute atomic E-state index is 9.95. The summed E-state index contributed by atoms with van der Waals surface area (Å²) in [5.41, 5.74) is 1.22. The lowest BCUT2D eigenvalue weighted by atomic mass is 10.1. The Morgan fingerprint density at radius 3 is 3.00 bits per heavy atom. The molecule has 2 nitrogen and oxygen atoms in total. The molecule has 0 unspecified atom stereocenters. The van der Waals surface area contributed by atoms with Crippen LogP contribution in [-0.4, -0.2) is 6.29 Å². The lowest BCUT2D eigenvalue weighted by molar-refractivity contribution is -0.107. The predicted octanol–water partition coefficient (Wildman–Crippen LogP) is 2.19. The molecule has 0 spiro atoms. The summed E-state index contributed by atoms with van der Waals surface area (Å²) in [4.78, 5) is 9.95. The number of hydrogen-bond acceptors (Lipinski definition) is 2. The van der Waals surface area contributed by atoms with Gasteiger partial charge in [0.05, 0.1) is 12.5 Å². The highest BCUT2D eigenvalue weighted by molar-refractivity contribution is 5.48. The summed E-state index contributed by atoms with van der Waals surface area (Å²) >= 11 is 0. The van der Waals surface area contributed by atoms with Gasteiger partial charge in [-0.2, -0.15) is 0 Å². The van der Waals surface area contributed by atoms with Gasteiger partial charge in [-0.1, -0.05) is 0 Å². The third kappa shape index (κ3) is 3.03. The van der Waals surface area contributed by atoms with E-state index in [-0.39, 0.29) is 0 Å². The number of furan rings is 1. The van der Waals surface area contributed by atoms with Gasteiger partial charge in [0.2, 0.25) is 0 Å². The van der Waals surface area contributed by atoms with Crippen LogP contribution in [0.5, 0.6) is 0 Å². The molecule has 1 rings (SSSR count). The Hall–Kier alpha value is -1.05. The highest BCUT2D eigenvalue weighted by Crippen LogP contribution is 2.05. The standard InChI is InChI=1S/C9H12O2/c10-6-3-1-2-4-9-5-7-11-8-9/h5-8H,1-4H2. The van der Waals surface area contributed by atoms with Crippen molar-refractivity contribution in [2.45, 2.75) is 25.7 Å². The number of hydrogen-bond donors (Lipinski definition) is 0. The van der Waals surface area contributed by atoms with Crippen molar-refractivity contribution < 1.29 is 9.21 Å². The van der Waals surface area contributed by atoms with Crippen molar-refractivity contribution in [3.05, 3.63) is 24.2 Å². The second-order valence-electron chi connectivity index (χ2n) is 2.54. The molecule has 0 aliphatic rings. The quantitative estimate of drug-likeness (QED) is 0.478. The highest BCUT2D eigenvalue weighted by atomic mass is 16.3. The van der Waals surface area contributed by atoms with Crippen LogP contribution in [0.15, 0.2) is 23.0 Å². The molecule has 11 heavy (non-hydrogen) atoms. The summed E-state index contributed by atoms with van der Waals surface area (Å²) in [6.45, 7) is 0. The summed E-state index contributed by atoms with van der Waals surface area (Å²) in [6, 6.07) is 1.96. The molecule has 0 aromatic carbocycles. The molecular formula is C9H12O2. The Morgan fingerprint density at radius 2 is 2.36 bits per heavy atom. The molecule has 1 aromatic heterocycles. The molecule has 0 fully saturated rings. The second-order valence-corrected chi connectivity index (χ2v) is 2.54. The van der Waals surface area contributed by atoms with Crippen LogP contribution >= 0.6 is 0 Å². The van der Waals surface area contributed by atoms with Gasteiger partial charge in [-0.05, 0) is 30.9 Å².